The molecule has 0 fully saturated rings. The fraction of sp³-hybridized carbons (Fsp3) is 0.578. The maximum Gasteiger partial charge on any atom is 0.306 e. The van der Waals surface area contributed by atoms with Crippen LogP contribution in [0.2, 0.25) is 0 Å². The lowest BCUT2D eigenvalue weighted by Crippen LogP contribution is -2.30. The first-order valence-electron chi connectivity index (χ1n) is 27.9. The molecule has 0 saturated carbocycles. The molecule has 6 nitrogen and oxygen atoms in total. The molecular weight excluding hydrogens is 865 g/mol. The Morgan fingerprint density at radius 2 is 0.657 bits per heavy atom. The van der Waals surface area contributed by atoms with E-state index in [4.69, 9.17) is 14.2 Å². The third kappa shape index (κ3) is 54.2. The van der Waals surface area contributed by atoms with Gasteiger partial charge in [0.25, 0.3) is 0 Å². The summed E-state index contributed by atoms with van der Waals surface area (Å²) in [5.41, 5.74) is 0. The number of esters is 3. The van der Waals surface area contributed by atoms with Gasteiger partial charge in [0, 0.05) is 19.3 Å². The molecule has 0 amide bonds. The third-order valence-electron chi connectivity index (χ3n) is 11.3. The molecule has 0 saturated heterocycles. The van der Waals surface area contributed by atoms with Crippen molar-refractivity contribution in [3.63, 3.8) is 0 Å². The summed E-state index contributed by atoms with van der Waals surface area (Å²) >= 11 is 0. The highest BCUT2D eigenvalue weighted by Gasteiger charge is 2.19. The fourth-order valence-corrected chi connectivity index (χ4v) is 7.18. The van der Waals surface area contributed by atoms with Crippen molar-refractivity contribution in [3.05, 3.63) is 146 Å². The van der Waals surface area contributed by atoms with Crippen molar-refractivity contribution in [3.8, 4) is 0 Å². The Labute approximate surface area is 429 Å². The van der Waals surface area contributed by atoms with Crippen LogP contribution in [0.5, 0.6) is 0 Å². The summed E-state index contributed by atoms with van der Waals surface area (Å²) in [6.07, 6.45) is 81.3. The van der Waals surface area contributed by atoms with Gasteiger partial charge < -0.3 is 14.2 Å². The molecule has 0 aromatic carbocycles. The number of rotatable bonds is 48. The predicted octanol–water partition coefficient (Wildman–Crippen LogP) is 18.8. The molecule has 0 rings (SSSR count). The second kappa shape index (κ2) is 56.9. The third-order valence-corrected chi connectivity index (χ3v) is 11.3. The van der Waals surface area contributed by atoms with Gasteiger partial charge in [0.1, 0.15) is 13.2 Å². The number of ether oxygens (including phenoxy) is 3. The van der Waals surface area contributed by atoms with E-state index in [0.29, 0.717) is 19.3 Å². The molecule has 0 N–H and O–H groups in total. The van der Waals surface area contributed by atoms with Gasteiger partial charge in [-0.2, -0.15) is 0 Å². The summed E-state index contributed by atoms with van der Waals surface area (Å²) in [6.45, 7) is 6.27. The standard InChI is InChI=1S/C64H100O6/c1-4-7-10-13-16-19-22-25-28-31-32-34-36-39-42-45-48-51-54-57-63(66)69-60-61(59-68-62(65)56-53-50-47-44-41-38-35-30-27-24-21-18-15-12-9-6-3)70-64(67)58-55-52-49-46-43-40-37-33-29-26-23-20-17-14-11-8-5-2/h7,9-10,12-13,16,18-19,21-22,25,27-28,30-32,34,36,38-39,41-42,47,50,61H,4-6,8,11,14-15,17,20,23-24,26,29,33,35,37,40,43-46,48-49,51-60H2,1-3H3/b10-7-,12-9-,16-13-,21-18-,22-19-,28-25-,30-27-,32-31+,36-34-,41-38-,42-39-,50-47-. The van der Waals surface area contributed by atoms with Crippen LogP contribution in [0.3, 0.4) is 0 Å². The molecule has 70 heavy (non-hydrogen) atoms. The molecular formula is C64H100O6. The van der Waals surface area contributed by atoms with Crippen molar-refractivity contribution in [1.82, 2.24) is 0 Å². The van der Waals surface area contributed by atoms with Gasteiger partial charge in [-0.1, -0.05) is 276 Å². The molecule has 6 heteroatoms. The molecule has 0 aliphatic heterocycles. The number of hydrogen-bond acceptors (Lipinski definition) is 6. The lowest BCUT2D eigenvalue weighted by molar-refractivity contribution is -0.166. The van der Waals surface area contributed by atoms with Crippen molar-refractivity contribution in [2.24, 2.45) is 0 Å². The van der Waals surface area contributed by atoms with Gasteiger partial charge >= 0.3 is 17.9 Å². The maximum atomic E-state index is 12.9. The summed E-state index contributed by atoms with van der Waals surface area (Å²) in [6, 6.07) is 0. The second-order valence-electron chi connectivity index (χ2n) is 17.9. The SMILES string of the molecule is CC\C=C/C=C\C=C/C=C\C=C\C=C/C=C\CCCCCC(=O)OCC(COC(=O)CC/C=C\C/C=C\C/C=C\C/C=C\C/C=C\CC)OC(=O)CCCCCCCCCCCCCCCCCCC. The average molecular weight is 965 g/mol. The molecule has 0 radical (unpaired) electrons. The van der Waals surface area contributed by atoms with E-state index in [-0.39, 0.29) is 44.0 Å². The van der Waals surface area contributed by atoms with Crippen LogP contribution in [0.1, 0.15) is 220 Å². The minimum atomic E-state index is -0.832. The van der Waals surface area contributed by atoms with Gasteiger partial charge in [0.05, 0.1) is 0 Å². The quantitative estimate of drug-likeness (QED) is 0.0199. The lowest BCUT2D eigenvalue weighted by atomic mass is 10.0. The lowest BCUT2D eigenvalue weighted by Gasteiger charge is -2.18. The fourth-order valence-electron chi connectivity index (χ4n) is 7.18. The Morgan fingerprint density at radius 1 is 0.314 bits per heavy atom. The number of carbonyl (C=O) groups excluding carboxylic acids is 3. The van der Waals surface area contributed by atoms with Crippen LogP contribution in [0.25, 0.3) is 0 Å². The first kappa shape index (κ1) is 65.3. The van der Waals surface area contributed by atoms with Gasteiger partial charge in [-0.05, 0) is 70.6 Å². The highest BCUT2D eigenvalue weighted by molar-refractivity contribution is 5.71. The summed E-state index contributed by atoms with van der Waals surface area (Å²) in [4.78, 5) is 38.1. The first-order valence-corrected chi connectivity index (χ1v) is 27.9. The first-order chi connectivity index (χ1) is 34.5. The van der Waals surface area contributed by atoms with E-state index in [1.807, 2.05) is 85.1 Å². The van der Waals surface area contributed by atoms with Crippen LogP contribution in [-0.4, -0.2) is 37.2 Å². The smallest absolute Gasteiger partial charge is 0.306 e. The van der Waals surface area contributed by atoms with E-state index in [0.717, 1.165) is 77.0 Å². The summed E-state index contributed by atoms with van der Waals surface area (Å²) < 4.78 is 16.7. The van der Waals surface area contributed by atoms with E-state index < -0.39 is 6.10 Å². The Morgan fingerprint density at radius 3 is 1.10 bits per heavy atom. The van der Waals surface area contributed by atoms with Gasteiger partial charge in [-0.25, -0.2) is 0 Å². The maximum absolute atomic E-state index is 12.9. The van der Waals surface area contributed by atoms with Crippen LogP contribution >= 0.6 is 0 Å². The zero-order chi connectivity index (χ0) is 50.7. The Hall–Kier alpha value is -4.71. The summed E-state index contributed by atoms with van der Waals surface area (Å²) in [5, 5.41) is 0. The highest BCUT2D eigenvalue weighted by Crippen LogP contribution is 2.15. The monoisotopic (exact) mass is 965 g/mol. The number of carbonyl (C=O) groups is 3. The van der Waals surface area contributed by atoms with Gasteiger partial charge in [-0.15, -0.1) is 0 Å². The average Bonchev–Trinajstić information content (AvgIpc) is 3.36. The van der Waals surface area contributed by atoms with Crippen LogP contribution < -0.4 is 0 Å². The van der Waals surface area contributed by atoms with E-state index in [2.05, 4.69) is 81.5 Å². The predicted molar refractivity (Wildman–Crippen MR) is 302 cm³/mol. The largest absolute Gasteiger partial charge is 0.462 e. The van der Waals surface area contributed by atoms with Gasteiger partial charge in [0.2, 0.25) is 0 Å². The Kier molecular flexibility index (Phi) is 53.0. The highest BCUT2D eigenvalue weighted by atomic mass is 16.6. The molecule has 0 spiro atoms. The van der Waals surface area contributed by atoms with Crippen molar-refractivity contribution in [2.45, 2.75) is 226 Å². The van der Waals surface area contributed by atoms with Crippen LogP contribution in [0.15, 0.2) is 146 Å². The number of allylic oxidation sites excluding steroid dienone is 24. The van der Waals surface area contributed by atoms with E-state index >= 15 is 0 Å². The van der Waals surface area contributed by atoms with E-state index in [1.165, 1.54) is 89.9 Å². The van der Waals surface area contributed by atoms with Gasteiger partial charge in [-0.3, -0.25) is 14.4 Å². The number of hydrogen-bond donors (Lipinski definition) is 0. The molecule has 1 atom stereocenters. The van der Waals surface area contributed by atoms with Gasteiger partial charge in [0.15, 0.2) is 6.10 Å². The van der Waals surface area contributed by atoms with Crippen LogP contribution in [-0.2, 0) is 28.6 Å². The van der Waals surface area contributed by atoms with Crippen molar-refractivity contribution >= 4 is 17.9 Å². The zero-order valence-corrected chi connectivity index (χ0v) is 44.7. The minimum absolute atomic E-state index is 0.129. The van der Waals surface area contributed by atoms with Crippen molar-refractivity contribution in [1.29, 1.82) is 0 Å². The van der Waals surface area contributed by atoms with Crippen LogP contribution in [0, 0.1) is 0 Å². The second-order valence-corrected chi connectivity index (χ2v) is 17.9. The molecule has 0 aromatic rings. The molecule has 392 valence electrons. The minimum Gasteiger partial charge on any atom is -0.462 e. The van der Waals surface area contributed by atoms with Crippen molar-refractivity contribution < 1.29 is 28.6 Å². The molecule has 1 unspecified atom stereocenters. The summed E-state index contributed by atoms with van der Waals surface area (Å²) in [7, 11) is 0. The number of unbranched alkanes of at least 4 members (excludes halogenated alkanes) is 19. The van der Waals surface area contributed by atoms with E-state index in [9.17, 15) is 14.4 Å². The Bertz CT molecular complexity index is 1580. The molecule has 0 bridgehead atoms. The molecule has 0 aliphatic rings. The summed E-state index contributed by atoms with van der Waals surface area (Å²) in [5.74, 6) is -1.06. The Balaban J connectivity index is 4.60. The van der Waals surface area contributed by atoms with E-state index in [1.54, 1.807) is 0 Å². The van der Waals surface area contributed by atoms with Crippen molar-refractivity contribution in [2.75, 3.05) is 13.2 Å². The molecule has 0 aliphatic carbocycles. The zero-order valence-electron chi connectivity index (χ0n) is 44.7. The molecule has 0 aromatic heterocycles. The topological polar surface area (TPSA) is 78.9 Å². The molecule has 0 heterocycles. The normalized spacial score (nSPS) is 13.2. The van der Waals surface area contributed by atoms with Crippen LogP contribution in [0.4, 0.5) is 0 Å².